The van der Waals surface area contributed by atoms with Crippen LogP contribution >= 0.6 is 11.6 Å². The van der Waals surface area contributed by atoms with E-state index in [-0.39, 0.29) is 25.3 Å². The molecule has 2 fully saturated rings. The Kier molecular flexibility index (Phi) is 5.22. The minimum absolute atomic E-state index is 0.211. The predicted octanol–water partition coefficient (Wildman–Crippen LogP) is 4.13. The number of ether oxygens (including phenoxy) is 3. The molecule has 0 unspecified atom stereocenters. The van der Waals surface area contributed by atoms with Gasteiger partial charge in [-0.3, -0.25) is 0 Å². The quantitative estimate of drug-likeness (QED) is 0.452. The zero-order valence-corrected chi connectivity index (χ0v) is 18.3. The van der Waals surface area contributed by atoms with Crippen molar-refractivity contribution in [3.63, 3.8) is 0 Å². The first kappa shape index (κ1) is 21.4. The molecule has 0 radical (unpaired) electrons. The summed E-state index contributed by atoms with van der Waals surface area (Å²) in [6.07, 6.45) is -1.83. The Bertz CT molecular complexity index is 1360. The number of fused-ring (bicyclic) bond motifs is 2. The number of aliphatic hydroxyl groups is 1. The van der Waals surface area contributed by atoms with E-state index in [9.17, 15) is 13.9 Å². The molecule has 4 atom stereocenters. The molecular formula is C24H18ClF2N3O4. The number of aromatic nitrogens is 3. The Morgan fingerprint density at radius 1 is 0.912 bits per heavy atom. The Morgan fingerprint density at radius 3 is 2.38 bits per heavy atom. The van der Waals surface area contributed by atoms with Crippen LogP contribution in [-0.2, 0) is 9.47 Å². The number of hydrogen-bond donors (Lipinski definition) is 2. The fourth-order valence-electron chi connectivity index (χ4n) is 4.38. The average molecular weight is 486 g/mol. The van der Waals surface area contributed by atoms with Gasteiger partial charge in [-0.25, -0.2) is 13.8 Å². The summed E-state index contributed by atoms with van der Waals surface area (Å²) >= 11 is 6.49. The smallest absolute Gasteiger partial charge is 0.296 e. The number of hydrogen-bond acceptors (Lipinski definition) is 6. The van der Waals surface area contributed by atoms with Gasteiger partial charge in [-0.05, 0) is 29.3 Å². The first-order valence-electron chi connectivity index (χ1n) is 10.7. The molecule has 4 aromatic rings. The Balaban J connectivity index is 1.26. The molecule has 2 N–H and O–H groups in total. The molecular weight excluding hydrogens is 468 g/mol. The van der Waals surface area contributed by atoms with Gasteiger partial charge in [-0.1, -0.05) is 35.9 Å². The van der Waals surface area contributed by atoms with Crippen LogP contribution in [0.4, 0.5) is 8.78 Å². The second-order valence-electron chi connectivity index (χ2n) is 8.29. The lowest BCUT2D eigenvalue weighted by atomic mass is 10.0. The standard InChI is InChI=1S/C24H18ClF2N3O4/c25-16-8-17-23(30-24(28-17)34-19-10-33-21-18(31)9-32-22(19)21)29-20(16)12-3-1-11(2-4-12)13-5-14(26)7-15(27)6-13/h1-8,18-19,21-22,31H,9-10H2,(H,28,29,30)/t18-,19-,21-,22-/m1/s1. The van der Waals surface area contributed by atoms with Gasteiger partial charge < -0.3 is 24.3 Å². The lowest BCUT2D eigenvalue weighted by molar-refractivity contribution is 0.00706. The SMILES string of the molecule is O[C@@H]1CO[C@H]2[C@@H]1OC[C@H]2Oc1nc2nc(-c3ccc(-c4cc(F)cc(F)c4)cc3)c(Cl)cc2[nH]1. The summed E-state index contributed by atoms with van der Waals surface area (Å²) in [4.78, 5) is 12.0. The maximum atomic E-state index is 13.6. The molecule has 0 bridgehead atoms. The van der Waals surface area contributed by atoms with E-state index in [1.807, 2.05) is 0 Å². The predicted molar refractivity (Wildman–Crippen MR) is 120 cm³/mol. The van der Waals surface area contributed by atoms with E-state index in [1.165, 1.54) is 12.1 Å². The molecule has 4 heterocycles. The molecule has 0 aliphatic carbocycles. The van der Waals surface area contributed by atoms with Crippen molar-refractivity contribution in [3.8, 4) is 28.4 Å². The molecule has 2 aliphatic heterocycles. The first-order valence-corrected chi connectivity index (χ1v) is 11.0. The topological polar surface area (TPSA) is 89.5 Å². The number of imidazole rings is 1. The number of nitrogens with one attached hydrogen (secondary N) is 1. The highest BCUT2D eigenvalue weighted by molar-refractivity contribution is 6.33. The summed E-state index contributed by atoms with van der Waals surface area (Å²) in [5, 5.41) is 10.3. The van der Waals surface area contributed by atoms with E-state index in [2.05, 4.69) is 15.0 Å². The van der Waals surface area contributed by atoms with Crippen molar-refractivity contribution < 1.29 is 28.1 Å². The summed E-state index contributed by atoms with van der Waals surface area (Å²) in [6.45, 7) is 0.493. The van der Waals surface area contributed by atoms with E-state index in [1.54, 1.807) is 30.3 Å². The van der Waals surface area contributed by atoms with E-state index < -0.39 is 29.9 Å². The second-order valence-corrected chi connectivity index (χ2v) is 8.69. The summed E-state index contributed by atoms with van der Waals surface area (Å²) in [7, 11) is 0. The van der Waals surface area contributed by atoms with Crippen LogP contribution in [0.2, 0.25) is 5.02 Å². The number of rotatable bonds is 4. The number of pyridine rings is 1. The third-order valence-corrected chi connectivity index (χ3v) is 6.29. The summed E-state index contributed by atoms with van der Waals surface area (Å²) in [5.41, 5.74) is 3.33. The average Bonchev–Trinajstić information content (AvgIpc) is 3.49. The minimum Gasteiger partial charge on any atom is -0.456 e. The second kappa shape index (κ2) is 8.28. The highest BCUT2D eigenvalue weighted by Gasteiger charge is 2.48. The van der Waals surface area contributed by atoms with E-state index >= 15 is 0 Å². The molecule has 2 aromatic heterocycles. The van der Waals surface area contributed by atoms with Crippen LogP contribution in [0, 0.1) is 11.6 Å². The van der Waals surface area contributed by atoms with Gasteiger partial charge in [-0.2, -0.15) is 4.98 Å². The number of nitrogens with zero attached hydrogens (tertiary/aromatic N) is 2. The largest absolute Gasteiger partial charge is 0.456 e. The van der Waals surface area contributed by atoms with Crippen LogP contribution in [0.1, 0.15) is 0 Å². The zero-order chi connectivity index (χ0) is 23.4. The third kappa shape index (κ3) is 3.80. The molecule has 7 nitrogen and oxygen atoms in total. The molecule has 0 saturated carbocycles. The van der Waals surface area contributed by atoms with Crippen LogP contribution < -0.4 is 4.74 Å². The fraction of sp³-hybridized carbons (Fsp3) is 0.250. The lowest BCUT2D eigenvalue weighted by Crippen LogP contribution is -2.34. The molecule has 6 rings (SSSR count). The molecule has 10 heteroatoms. The fourth-order valence-corrected chi connectivity index (χ4v) is 4.64. The van der Waals surface area contributed by atoms with Crippen molar-refractivity contribution in [2.24, 2.45) is 0 Å². The van der Waals surface area contributed by atoms with Crippen LogP contribution in [0.25, 0.3) is 33.5 Å². The number of aliphatic hydroxyl groups excluding tert-OH is 1. The Hall–Kier alpha value is -3.11. The summed E-state index contributed by atoms with van der Waals surface area (Å²) in [6, 6.07) is 12.4. The summed E-state index contributed by atoms with van der Waals surface area (Å²) in [5.74, 6) is -1.28. The van der Waals surface area contributed by atoms with Gasteiger partial charge in [0.15, 0.2) is 11.8 Å². The highest BCUT2D eigenvalue weighted by Crippen LogP contribution is 2.33. The maximum absolute atomic E-state index is 13.6. The normalized spacial score (nSPS) is 24.0. The first-order chi connectivity index (χ1) is 16.4. The Labute approximate surface area is 197 Å². The van der Waals surface area contributed by atoms with Crippen molar-refractivity contribution in [1.29, 1.82) is 0 Å². The van der Waals surface area contributed by atoms with Gasteiger partial charge in [0, 0.05) is 11.6 Å². The minimum atomic E-state index is -0.663. The van der Waals surface area contributed by atoms with Crippen LogP contribution in [-0.4, -0.2) is 57.7 Å². The van der Waals surface area contributed by atoms with Gasteiger partial charge >= 0.3 is 0 Å². The van der Waals surface area contributed by atoms with Gasteiger partial charge in [-0.15, -0.1) is 0 Å². The van der Waals surface area contributed by atoms with Crippen molar-refractivity contribution in [2.45, 2.75) is 24.4 Å². The van der Waals surface area contributed by atoms with Gasteiger partial charge in [0.1, 0.15) is 29.9 Å². The molecule has 34 heavy (non-hydrogen) atoms. The van der Waals surface area contributed by atoms with E-state index in [4.69, 9.17) is 25.8 Å². The third-order valence-electron chi connectivity index (χ3n) is 6.00. The molecule has 174 valence electrons. The van der Waals surface area contributed by atoms with E-state index in [0.29, 0.717) is 33.0 Å². The molecule has 2 aliphatic rings. The molecule has 0 amide bonds. The van der Waals surface area contributed by atoms with E-state index in [0.717, 1.165) is 11.6 Å². The van der Waals surface area contributed by atoms with Crippen LogP contribution in [0.3, 0.4) is 0 Å². The van der Waals surface area contributed by atoms with Crippen LogP contribution in [0.15, 0.2) is 48.5 Å². The highest BCUT2D eigenvalue weighted by atomic mass is 35.5. The van der Waals surface area contributed by atoms with Gasteiger partial charge in [0.05, 0.1) is 29.4 Å². The Morgan fingerprint density at radius 2 is 1.62 bits per heavy atom. The van der Waals surface area contributed by atoms with Crippen molar-refractivity contribution in [2.75, 3.05) is 13.2 Å². The van der Waals surface area contributed by atoms with Gasteiger partial charge in [0.2, 0.25) is 0 Å². The number of halogens is 3. The molecule has 2 aromatic carbocycles. The molecule has 2 saturated heterocycles. The molecule has 0 spiro atoms. The van der Waals surface area contributed by atoms with Crippen LogP contribution in [0.5, 0.6) is 6.01 Å². The zero-order valence-electron chi connectivity index (χ0n) is 17.5. The monoisotopic (exact) mass is 485 g/mol. The lowest BCUT2D eigenvalue weighted by Gasteiger charge is -2.15. The summed E-state index contributed by atoms with van der Waals surface area (Å²) < 4.78 is 44.2. The number of H-pyrrole nitrogens is 1. The van der Waals surface area contributed by atoms with Gasteiger partial charge in [0.25, 0.3) is 6.01 Å². The van der Waals surface area contributed by atoms with Crippen molar-refractivity contribution in [3.05, 3.63) is 65.2 Å². The maximum Gasteiger partial charge on any atom is 0.296 e. The number of aromatic amines is 1. The number of benzene rings is 2. The van der Waals surface area contributed by atoms with Crippen molar-refractivity contribution >= 4 is 22.8 Å². The van der Waals surface area contributed by atoms with Crippen molar-refractivity contribution in [1.82, 2.24) is 15.0 Å².